The van der Waals surface area contributed by atoms with Crippen LogP contribution in [0.5, 0.6) is 5.75 Å². The van der Waals surface area contributed by atoms with Crippen molar-refractivity contribution in [1.82, 2.24) is 19.0 Å². The first-order valence-corrected chi connectivity index (χ1v) is 14.4. The lowest BCUT2D eigenvalue weighted by atomic mass is 9.99. The summed E-state index contributed by atoms with van der Waals surface area (Å²) in [4.78, 5) is 28.5. The molecule has 0 fully saturated rings. The molecule has 40 heavy (non-hydrogen) atoms. The molecule has 0 unspecified atom stereocenters. The van der Waals surface area contributed by atoms with Crippen LogP contribution >= 0.6 is 0 Å². The molecule has 0 bridgehead atoms. The van der Waals surface area contributed by atoms with Crippen LogP contribution in [-0.4, -0.2) is 83.2 Å². The molecule has 1 aliphatic rings. The van der Waals surface area contributed by atoms with Gasteiger partial charge in [-0.25, -0.2) is 8.42 Å². The van der Waals surface area contributed by atoms with Crippen molar-refractivity contribution >= 4 is 27.5 Å². The topological polar surface area (TPSA) is 134 Å². The Morgan fingerprint density at radius 2 is 1.93 bits per heavy atom. The Labute approximate surface area is 234 Å². The van der Waals surface area contributed by atoms with Crippen LogP contribution in [0, 0.1) is 12.8 Å². The van der Waals surface area contributed by atoms with Gasteiger partial charge in [-0.05, 0) is 44.2 Å². The van der Waals surface area contributed by atoms with Crippen molar-refractivity contribution in [3.05, 3.63) is 71.5 Å². The van der Waals surface area contributed by atoms with Crippen molar-refractivity contribution in [1.29, 1.82) is 0 Å². The van der Waals surface area contributed by atoms with Crippen molar-refractivity contribution < 1.29 is 27.9 Å². The van der Waals surface area contributed by atoms with Crippen molar-refractivity contribution in [3.63, 3.8) is 0 Å². The molecule has 0 saturated heterocycles. The normalized spacial score (nSPS) is 18.5. The number of hydrogen-bond donors (Lipinski definition) is 2. The third kappa shape index (κ3) is 5.88. The average molecular weight is 570 g/mol. The van der Waals surface area contributed by atoms with Gasteiger partial charge in [0.2, 0.25) is 10.0 Å². The maximum Gasteiger partial charge on any atom is 0.274 e. The van der Waals surface area contributed by atoms with Crippen LogP contribution < -0.4 is 10.1 Å². The van der Waals surface area contributed by atoms with E-state index in [2.05, 4.69) is 10.4 Å². The number of para-hydroxylation sites is 1. The molecule has 214 valence electrons. The van der Waals surface area contributed by atoms with Gasteiger partial charge in [-0.1, -0.05) is 31.2 Å². The van der Waals surface area contributed by atoms with E-state index in [1.165, 1.54) is 28.2 Å². The second-order valence-corrected chi connectivity index (χ2v) is 12.2. The molecule has 2 heterocycles. The van der Waals surface area contributed by atoms with E-state index in [9.17, 15) is 23.1 Å². The number of nitrogens with one attached hydrogen (secondary N) is 1. The van der Waals surface area contributed by atoms with E-state index in [0.29, 0.717) is 11.4 Å². The molecule has 2 amide bonds. The molecule has 2 N–H and O–H groups in total. The molecule has 3 aromatic rings. The third-order valence-corrected chi connectivity index (χ3v) is 8.90. The highest BCUT2D eigenvalue weighted by Gasteiger charge is 2.36. The van der Waals surface area contributed by atoms with Gasteiger partial charge in [-0.2, -0.15) is 9.40 Å². The van der Waals surface area contributed by atoms with Crippen molar-refractivity contribution in [3.8, 4) is 5.75 Å². The van der Waals surface area contributed by atoms with Gasteiger partial charge < -0.3 is 20.1 Å². The second-order valence-electron chi connectivity index (χ2n) is 10.2. The molecule has 3 atom stereocenters. The molecular weight excluding hydrogens is 534 g/mol. The van der Waals surface area contributed by atoms with Gasteiger partial charge in [-0.15, -0.1) is 0 Å². The van der Waals surface area contributed by atoms with Gasteiger partial charge in [0.25, 0.3) is 11.8 Å². The SMILES string of the molecule is Cc1cc(C(=O)Nc2cccc3c2O[C@H](CN(C)S(=O)(=O)c2ccccc2)[C@H](C)CN([C@H](C)CO)C3=O)n(C)n1. The second kappa shape index (κ2) is 11.8. The van der Waals surface area contributed by atoms with Gasteiger partial charge in [-0.3, -0.25) is 14.3 Å². The molecule has 11 nitrogen and oxygen atoms in total. The maximum absolute atomic E-state index is 13.7. The number of amides is 2. The molecule has 1 aliphatic heterocycles. The quantitative estimate of drug-likeness (QED) is 0.426. The van der Waals surface area contributed by atoms with E-state index in [1.54, 1.807) is 68.3 Å². The van der Waals surface area contributed by atoms with Gasteiger partial charge in [0.15, 0.2) is 5.75 Å². The predicted octanol–water partition coefficient (Wildman–Crippen LogP) is 2.52. The lowest BCUT2D eigenvalue weighted by Crippen LogP contribution is -2.50. The number of aryl methyl sites for hydroxylation is 2. The van der Waals surface area contributed by atoms with E-state index >= 15 is 0 Å². The van der Waals surface area contributed by atoms with Crippen molar-refractivity contribution in [2.24, 2.45) is 13.0 Å². The standard InChI is InChI=1S/C28H35N5O6S/c1-18-15-33(20(3)17-34)28(36)22-12-9-13-23(29-27(35)24-14-19(2)30-32(24)5)26(22)39-25(18)16-31(4)40(37,38)21-10-7-6-8-11-21/h6-14,18,20,25,34H,15-17H2,1-5H3,(H,29,35)/t18-,20-,25-/m1/s1. The Bertz CT molecular complexity index is 1490. The highest BCUT2D eigenvalue weighted by Crippen LogP contribution is 2.35. The minimum Gasteiger partial charge on any atom is -0.486 e. The summed E-state index contributed by atoms with van der Waals surface area (Å²) in [6.45, 7) is 5.34. The van der Waals surface area contributed by atoms with Crippen LogP contribution in [-0.2, 0) is 17.1 Å². The average Bonchev–Trinajstić information content (AvgIpc) is 3.28. The van der Waals surface area contributed by atoms with E-state index < -0.39 is 28.1 Å². The number of anilines is 1. The monoisotopic (exact) mass is 569 g/mol. The van der Waals surface area contributed by atoms with Crippen LogP contribution in [0.25, 0.3) is 0 Å². The summed E-state index contributed by atoms with van der Waals surface area (Å²) in [7, 11) is -0.679. The lowest BCUT2D eigenvalue weighted by molar-refractivity contribution is 0.0388. The summed E-state index contributed by atoms with van der Waals surface area (Å²) >= 11 is 0. The number of sulfonamides is 1. The summed E-state index contributed by atoms with van der Waals surface area (Å²) in [6.07, 6.45) is -0.694. The number of likely N-dealkylation sites (N-methyl/N-ethyl adjacent to an activating group) is 1. The Morgan fingerprint density at radius 3 is 2.55 bits per heavy atom. The smallest absolute Gasteiger partial charge is 0.274 e. The van der Waals surface area contributed by atoms with Crippen LogP contribution in [0.15, 0.2) is 59.5 Å². The molecule has 12 heteroatoms. The zero-order valence-electron chi connectivity index (χ0n) is 23.2. The van der Waals surface area contributed by atoms with Gasteiger partial charge >= 0.3 is 0 Å². The number of rotatable bonds is 8. The highest BCUT2D eigenvalue weighted by molar-refractivity contribution is 7.89. The Morgan fingerprint density at radius 1 is 1.23 bits per heavy atom. The van der Waals surface area contributed by atoms with Crippen LogP contribution in [0.3, 0.4) is 0 Å². The Kier molecular flexibility index (Phi) is 8.62. The number of benzene rings is 2. The van der Waals surface area contributed by atoms with Gasteiger partial charge in [0.05, 0.1) is 41.0 Å². The number of aromatic nitrogens is 2. The number of ether oxygens (including phenoxy) is 1. The predicted molar refractivity (Wildman–Crippen MR) is 150 cm³/mol. The molecule has 1 aromatic heterocycles. The Hall–Kier alpha value is -3.74. The highest BCUT2D eigenvalue weighted by atomic mass is 32.2. The first-order chi connectivity index (χ1) is 18.9. The van der Waals surface area contributed by atoms with Crippen LogP contribution in [0.1, 0.15) is 40.4 Å². The number of aliphatic hydroxyl groups excluding tert-OH is 1. The summed E-state index contributed by atoms with van der Waals surface area (Å²) in [5.74, 6) is -0.997. The molecule has 2 aromatic carbocycles. The van der Waals surface area contributed by atoms with E-state index in [0.717, 1.165) is 0 Å². The summed E-state index contributed by atoms with van der Waals surface area (Å²) in [5.41, 5.74) is 1.46. The fourth-order valence-corrected chi connectivity index (χ4v) is 5.90. The maximum atomic E-state index is 13.7. The lowest BCUT2D eigenvalue weighted by Gasteiger charge is -2.38. The minimum absolute atomic E-state index is 0.0173. The fraction of sp³-hybridized carbons (Fsp3) is 0.393. The Balaban J connectivity index is 1.74. The molecule has 0 radical (unpaired) electrons. The first-order valence-electron chi connectivity index (χ1n) is 13.0. The summed E-state index contributed by atoms with van der Waals surface area (Å²) < 4.78 is 35.7. The van der Waals surface area contributed by atoms with E-state index in [1.807, 2.05) is 6.92 Å². The molecule has 0 spiro atoms. The third-order valence-electron chi connectivity index (χ3n) is 7.06. The van der Waals surface area contributed by atoms with Crippen molar-refractivity contribution in [2.45, 2.75) is 37.8 Å². The van der Waals surface area contributed by atoms with Crippen molar-refractivity contribution in [2.75, 3.05) is 32.1 Å². The summed E-state index contributed by atoms with van der Waals surface area (Å²) in [5, 5.41) is 17.0. The largest absolute Gasteiger partial charge is 0.486 e. The molecule has 4 rings (SSSR count). The van der Waals surface area contributed by atoms with Gasteiger partial charge in [0.1, 0.15) is 11.8 Å². The number of hydrogen-bond acceptors (Lipinski definition) is 7. The zero-order valence-corrected chi connectivity index (χ0v) is 24.1. The first kappa shape index (κ1) is 29.2. The number of carbonyl (C=O) groups is 2. The van der Waals surface area contributed by atoms with Gasteiger partial charge in [0, 0.05) is 26.6 Å². The number of aliphatic hydroxyl groups is 1. The molecule has 0 aliphatic carbocycles. The number of fused-ring (bicyclic) bond motifs is 1. The van der Waals surface area contributed by atoms with Crippen LogP contribution in [0.2, 0.25) is 0 Å². The fourth-order valence-electron chi connectivity index (χ4n) is 4.69. The van der Waals surface area contributed by atoms with E-state index in [-0.39, 0.29) is 53.4 Å². The number of nitrogens with zero attached hydrogens (tertiary/aromatic N) is 4. The summed E-state index contributed by atoms with van der Waals surface area (Å²) in [6, 6.07) is 14.1. The van der Waals surface area contributed by atoms with E-state index in [4.69, 9.17) is 4.74 Å². The number of carbonyl (C=O) groups excluding carboxylic acids is 2. The molecular formula is C28H35N5O6S. The minimum atomic E-state index is -3.82. The zero-order chi connectivity index (χ0) is 29.2. The van der Waals surface area contributed by atoms with Crippen LogP contribution in [0.4, 0.5) is 5.69 Å². The molecule has 0 saturated carbocycles.